The van der Waals surface area contributed by atoms with Gasteiger partial charge in [0.1, 0.15) is 11.5 Å². The van der Waals surface area contributed by atoms with Crippen molar-refractivity contribution in [1.82, 2.24) is 9.80 Å². The maximum atomic E-state index is 6.20. The second-order valence-electron chi connectivity index (χ2n) is 9.26. The Kier molecular flexibility index (Phi) is 7.87. The summed E-state index contributed by atoms with van der Waals surface area (Å²) >= 11 is 0. The topological polar surface area (TPSA) is 24.9 Å². The highest BCUT2D eigenvalue weighted by atomic mass is 16.5. The van der Waals surface area contributed by atoms with E-state index < -0.39 is 0 Å². The van der Waals surface area contributed by atoms with E-state index in [9.17, 15) is 0 Å². The Morgan fingerprint density at radius 1 is 0.774 bits per heavy atom. The number of rotatable bonds is 10. The Labute approximate surface area is 188 Å². The molecule has 0 N–H and O–H groups in total. The highest BCUT2D eigenvalue weighted by molar-refractivity contribution is 5.38. The molecular weight excluding hydrogens is 384 g/mol. The summed E-state index contributed by atoms with van der Waals surface area (Å²) in [6.45, 7) is 4.02. The first kappa shape index (κ1) is 22.2. The number of ether oxygens (including phenoxy) is 2. The molecule has 2 fully saturated rings. The van der Waals surface area contributed by atoms with Crippen molar-refractivity contribution in [2.45, 2.75) is 57.0 Å². The van der Waals surface area contributed by atoms with Gasteiger partial charge >= 0.3 is 0 Å². The fraction of sp³-hybridized carbons (Fsp3) is 0.556. The molecule has 2 unspecified atom stereocenters. The number of hydrogen-bond donors (Lipinski definition) is 0. The van der Waals surface area contributed by atoms with E-state index in [0.717, 1.165) is 44.0 Å². The number of para-hydroxylation sites is 1. The van der Waals surface area contributed by atoms with E-state index in [0.29, 0.717) is 12.1 Å². The van der Waals surface area contributed by atoms with E-state index in [1.807, 2.05) is 0 Å². The minimum Gasteiger partial charge on any atom is -0.494 e. The van der Waals surface area contributed by atoms with Gasteiger partial charge in [-0.2, -0.15) is 0 Å². The van der Waals surface area contributed by atoms with Crippen LogP contribution in [0.1, 0.15) is 49.7 Å². The van der Waals surface area contributed by atoms with E-state index in [1.54, 1.807) is 0 Å². The normalized spacial score (nSPS) is 22.1. The summed E-state index contributed by atoms with van der Waals surface area (Å²) in [5.41, 5.74) is 2.54. The van der Waals surface area contributed by atoms with Gasteiger partial charge in [-0.3, -0.25) is 0 Å². The van der Waals surface area contributed by atoms with Crippen LogP contribution in [0.3, 0.4) is 0 Å². The van der Waals surface area contributed by atoms with E-state index in [2.05, 4.69) is 72.4 Å². The van der Waals surface area contributed by atoms with Gasteiger partial charge in [0, 0.05) is 18.5 Å². The molecule has 2 aliphatic rings. The smallest absolute Gasteiger partial charge is 0.122 e. The number of likely N-dealkylation sites (tertiary alicyclic amines) is 2. The molecule has 4 nitrogen and oxygen atoms in total. The van der Waals surface area contributed by atoms with Gasteiger partial charge in [0.25, 0.3) is 0 Å². The molecule has 0 amide bonds. The molecule has 168 valence electrons. The van der Waals surface area contributed by atoms with Crippen molar-refractivity contribution in [3.05, 3.63) is 59.7 Å². The quantitative estimate of drug-likeness (QED) is 0.538. The predicted molar refractivity (Wildman–Crippen MR) is 127 cm³/mol. The van der Waals surface area contributed by atoms with Crippen molar-refractivity contribution in [3.63, 3.8) is 0 Å². The van der Waals surface area contributed by atoms with Crippen LogP contribution in [-0.4, -0.2) is 62.3 Å². The van der Waals surface area contributed by atoms with Crippen molar-refractivity contribution < 1.29 is 9.47 Å². The summed E-state index contributed by atoms with van der Waals surface area (Å²) in [7, 11) is 4.45. The summed E-state index contributed by atoms with van der Waals surface area (Å²) in [4.78, 5) is 4.92. The second kappa shape index (κ2) is 11.0. The van der Waals surface area contributed by atoms with Crippen LogP contribution >= 0.6 is 0 Å². The second-order valence-corrected chi connectivity index (χ2v) is 9.26. The Morgan fingerprint density at radius 2 is 1.39 bits per heavy atom. The summed E-state index contributed by atoms with van der Waals surface area (Å²) in [5, 5.41) is 0. The van der Waals surface area contributed by atoms with E-state index in [1.165, 1.54) is 49.9 Å². The van der Waals surface area contributed by atoms with Crippen LogP contribution in [0.2, 0.25) is 0 Å². The standard InChI is InChI=1S/C27H38N2O2/c1-28-17-5-8-24(28)15-19-30-26-13-11-22(12-14-26)21-23-7-3-4-10-27(23)31-20-16-25-9-6-18-29(25)2/h3-4,7,10-14,24-25H,5-6,8-9,15-21H2,1-2H3. The minimum atomic E-state index is 0.675. The van der Waals surface area contributed by atoms with Crippen molar-refractivity contribution in [3.8, 4) is 11.5 Å². The SMILES string of the molecule is CN1CCCC1CCOc1ccc(Cc2ccccc2OCCC2CCCN2C)cc1. The lowest BCUT2D eigenvalue weighted by atomic mass is 10.0. The number of nitrogens with zero attached hydrogens (tertiary/aromatic N) is 2. The summed E-state index contributed by atoms with van der Waals surface area (Å²) < 4.78 is 12.2. The molecule has 0 radical (unpaired) electrons. The fourth-order valence-corrected chi connectivity index (χ4v) is 5.02. The highest BCUT2D eigenvalue weighted by Gasteiger charge is 2.21. The molecule has 0 aliphatic carbocycles. The van der Waals surface area contributed by atoms with Crippen LogP contribution < -0.4 is 9.47 Å². The first-order valence-electron chi connectivity index (χ1n) is 12.0. The first-order chi connectivity index (χ1) is 15.2. The molecule has 31 heavy (non-hydrogen) atoms. The predicted octanol–water partition coefficient (Wildman–Crippen LogP) is 5.00. The molecular formula is C27H38N2O2. The lowest BCUT2D eigenvalue weighted by molar-refractivity contribution is 0.232. The first-order valence-corrected chi connectivity index (χ1v) is 12.0. The molecule has 2 atom stereocenters. The van der Waals surface area contributed by atoms with Crippen LogP contribution in [0, 0.1) is 0 Å². The fourth-order valence-electron chi connectivity index (χ4n) is 5.02. The molecule has 0 saturated carbocycles. The molecule has 2 aromatic rings. The Balaban J connectivity index is 1.25. The van der Waals surface area contributed by atoms with Crippen molar-refractivity contribution >= 4 is 0 Å². The molecule has 0 aromatic heterocycles. The van der Waals surface area contributed by atoms with Gasteiger partial charge in [0.15, 0.2) is 0 Å². The van der Waals surface area contributed by atoms with Crippen molar-refractivity contribution in [2.24, 2.45) is 0 Å². The molecule has 2 aromatic carbocycles. The van der Waals surface area contributed by atoms with Crippen molar-refractivity contribution in [2.75, 3.05) is 40.4 Å². The molecule has 4 heteroatoms. The van der Waals surface area contributed by atoms with Crippen LogP contribution in [0.5, 0.6) is 11.5 Å². The van der Waals surface area contributed by atoms with Gasteiger partial charge in [-0.1, -0.05) is 30.3 Å². The summed E-state index contributed by atoms with van der Waals surface area (Å²) in [6, 6.07) is 18.4. The van der Waals surface area contributed by atoms with Crippen LogP contribution in [-0.2, 0) is 6.42 Å². The van der Waals surface area contributed by atoms with E-state index in [-0.39, 0.29) is 0 Å². The van der Waals surface area contributed by atoms with Gasteiger partial charge in [0.05, 0.1) is 13.2 Å². The van der Waals surface area contributed by atoms with Crippen LogP contribution in [0.15, 0.2) is 48.5 Å². The van der Waals surface area contributed by atoms with Crippen LogP contribution in [0.4, 0.5) is 0 Å². The Hall–Kier alpha value is -2.04. The lowest BCUT2D eigenvalue weighted by Gasteiger charge is -2.20. The zero-order valence-corrected chi connectivity index (χ0v) is 19.3. The maximum Gasteiger partial charge on any atom is 0.122 e. The highest BCUT2D eigenvalue weighted by Crippen LogP contribution is 2.25. The molecule has 4 rings (SSSR count). The minimum absolute atomic E-state index is 0.675. The number of benzene rings is 2. The Morgan fingerprint density at radius 3 is 2.00 bits per heavy atom. The summed E-state index contributed by atoms with van der Waals surface area (Å²) in [5.74, 6) is 1.98. The van der Waals surface area contributed by atoms with Crippen LogP contribution in [0.25, 0.3) is 0 Å². The number of hydrogen-bond acceptors (Lipinski definition) is 4. The van der Waals surface area contributed by atoms with Gasteiger partial charge in [0.2, 0.25) is 0 Å². The van der Waals surface area contributed by atoms with E-state index >= 15 is 0 Å². The molecule has 0 bridgehead atoms. The largest absolute Gasteiger partial charge is 0.494 e. The third-order valence-electron chi connectivity index (χ3n) is 7.06. The van der Waals surface area contributed by atoms with Gasteiger partial charge < -0.3 is 19.3 Å². The van der Waals surface area contributed by atoms with Crippen molar-refractivity contribution in [1.29, 1.82) is 0 Å². The monoisotopic (exact) mass is 422 g/mol. The molecule has 2 saturated heterocycles. The van der Waals surface area contributed by atoms with E-state index in [4.69, 9.17) is 9.47 Å². The maximum absolute atomic E-state index is 6.20. The summed E-state index contributed by atoms with van der Waals surface area (Å²) in [6.07, 6.45) is 8.33. The molecule has 0 spiro atoms. The lowest BCUT2D eigenvalue weighted by Crippen LogP contribution is -2.26. The molecule has 2 aliphatic heterocycles. The zero-order chi connectivity index (χ0) is 21.5. The average molecular weight is 423 g/mol. The Bertz CT molecular complexity index is 807. The third-order valence-corrected chi connectivity index (χ3v) is 7.06. The van der Waals surface area contributed by atoms with Gasteiger partial charge in [-0.05, 0) is 95.0 Å². The molecule has 2 heterocycles. The van der Waals surface area contributed by atoms with Gasteiger partial charge in [-0.15, -0.1) is 0 Å². The zero-order valence-electron chi connectivity index (χ0n) is 19.3. The average Bonchev–Trinajstić information content (AvgIpc) is 3.38. The van der Waals surface area contributed by atoms with Gasteiger partial charge in [-0.25, -0.2) is 0 Å². The third kappa shape index (κ3) is 6.24.